The fourth-order valence-corrected chi connectivity index (χ4v) is 1.89. The van der Waals surface area contributed by atoms with Crippen molar-refractivity contribution in [2.24, 2.45) is 0 Å². The number of rotatable bonds is 7. The monoisotopic (exact) mass is 343 g/mol. The highest BCUT2D eigenvalue weighted by molar-refractivity contribution is 5.75. The molecule has 1 aromatic carbocycles. The molecule has 0 spiro atoms. The van der Waals surface area contributed by atoms with Crippen molar-refractivity contribution in [2.45, 2.75) is 12.7 Å². The molecular weight excluding hydrogens is 327 g/mol. The van der Waals surface area contributed by atoms with Gasteiger partial charge in [0, 0.05) is 6.20 Å². The SMILES string of the molecule is COc1ccccc1OCCNC(=O)Cn1ccc(C(F)(F)F)n1. The van der Waals surface area contributed by atoms with E-state index in [-0.39, 0.29) is 19.7 Å². The van der Waals surface area contributed by atoms with Gasteiger partial charge in [0.1, 0.15) is 13.2 Å². The van der Waals surface area contributed by atoms with E-state index < -0.39 is 17.8 Å². The highest BCUT2D eigenvalue weighted by Crippen LogP contribution is 2.27. The minimum Gasteiger partial charge on any atom is -0.493 e. The molecule has 0 fully saturated rings. The second-order valence-electron chi connectivity index (χ2n) is 4.75. The van der Waals surface area contributed by atoms with Gasteiger partial charge in [-0.05, 0) is 18.2 Å². The van der Waals surface area contributed by atoms with E-state index in [1.165, 1.54) is 7.11 Å². The number of hydrogen-bond acceptors (Lipinski definition) is 4. The molecule has 130 valence electrons. The minimum absolute atomic E-state index is 0.193. The molecule has 0 bridgehead atoms. The van der Waals surface area contributed by atoms with E-state index in [1.54, 1.807) is 24.3 Å². The number of amides is 1. The molecule has 1 amide bonds. The van der Waals surface area contributed by atoms with E-state index in [4.69, 9.17) is 9.47 Å². The zero-order valence-electron chi connectivity index (χ0n) is 12.8. The van der Waals surface area contributed by atoms with Crippen molar-refractivity contribution < 1.29 is 27.4 Å². The molecule has 1 aromatic heterocycles. The number of carbonyl (C=O) groups excluding carboxylic acids is 1. The number of para-hydroxylation sites is 2. The molecule has 1 N–H and O–H groups in total. The number of aromatic nitrogens is 2. The zero-order chi connectivity index (χ0) is 17.6. The first-order valence-corrected chi connectivity index (χ1v) is 7.03. The van der Waals surface area contributed by atoms with Gasteiger partial charge in [-0.1, -0.05) is 12.1 Å². The third-order valence-electron chi connectivity index (χ3n) is 2.99. The van der Waals surface area contributed by atoms with Crippen molar-refractivity contribution in [1.82, 2.24) is 15.1 Å². The second-order valence-corrected chi connectivity index (χ2v) is 4.75. The third-order valence-corrected chi connectivity index (χ3v) is 2.99. The van der Waals surface area contributed by atoms with Crippen LogP contribution in [0.25, 0.3) is 0 Å². The Labute approximate surface area is 136 Å². The summed E-state index contributed by atoms with van der Waals surface area (Å²) >= 11 is 0. The van der Waals surface area contributed by atoms with Crippen molar-refractivity contribution in [1.29, 1.82) is 0 Å². The van der Waals surface area contributed by atoms with Crippen LogP contribution in [0.2, 0.25) is 0 Å². The average molecular weight is 343 g/mol. The lowest BCUT2D eigenvalue weighted by molar-refractivity contribution is -0.141. The summed E-state index contributed by atoms with van der Waals surface area (Å²) in [7, 11) is 1.52. The van der Waals surface area contributed by atoms with E-state index >= 15 is 0 Å². The first kappa shape index (κ1) is 17.6. The summed E-state index contributed by atoms with van der Waals surface area (Å²) in [5.74, 6) is 0.645. The lowest BCUT2D eigenvalue weighted by Crippen LogP contribution is -2.31. The standard InChI is InChI=1S/C15H16F3N3O3/c1-23-11-4-2-3-5-12(11)24-9-7-19-14(22)10-21-8-6-13(20-21)15(16,17)18/h2-6,8H,7,9-10H2,1H3,(H,19,22). The molecule has 1 heterocycles. The highest BCUT2D eigenvalue weighted by Gasteiger charge is 2.33. The van der Waals surface area contributed by atoms with Crippen LogP contribution in [0.4, 0.5) is 13.2 Å². The lowest BCUT2D eigenvalue weighted by atomic mass is 10.3. The molecule has 0 aliphatic heterocycles. The van der Waals surface area contributed by atoms with E-state index in [2.05, 4.69) is 10.4 Å². The summed E-state index contributed by atoms with van der Waals surface area (Å²) in [4.78, 5) is 11.7. The lowest BCUT2D eigenvalue weighted by Gasteiger charge is -2.11. The second kappa shape index (κ2) is 7.71. The van der Waals surface area contributed by atoms with Crippen LogP contribution in [-0.4, -0.2) is 35.9 Å². The molecule has 0 radical (unpaired) electrons. The Kier molecular flexibility index (Phi) is 5.67. The molecule has 24 heavy (non-hydrogen) atoms. The Morgan fingerprint density at radius 3 is 2.58 bits per heavy atom. The maximum Gasteiger partial charge on any atom is 0.435 e. The van der Waals surface area contributed by atoms with Gasteiger partial charge < -0.3 is 14.8 Å². The van der Waals surface area contributed by atoms with Gasteiger partial charge >= 0.3 is 6.18 Å². The van der Waals surface area contributed by atoms with Crippen molar-refractivity contribution in [3.05, 3.63) is 42.2 Å². The van der Waals surface area contributed by atoms with Crippen LogP contribution in [0.3, 0.4) is 0 Å². The van der Waals surface area contributed by atoms with Crippen LogP contribution in [0.5, 0.6) is 11.5 Å². The normalized spacial score (nSPS) is 11.2. The molecule has 0 unspecified atom stereocenters. The van der Waals surface area contributed by atoms with Gasteiger partial charge in [-0.2, -0.15) is 18.3 Å². The van der Waals surface area contributed by atoms with Crippen molar-refractivity contribution in [3.63, 3.8) is 0 Å². The molecule has 0 saturated carbocycles. The van der Waals surface area contributed by atoms with Crippen LogP contribution < -0.4 is 14.8 Å². The summed E-state index contributed by atoms with van der Waals surface area (Å²) in [5.41, 5.74) is -1.03. The van der Waals surface area contributed by atoms with Crippen LogP contribution in [0.15, 0.2) is 36.5 Å². The van der Waals surface area contributed by atoms with Crippen LogP contribution in [0.1, 0.15) is 5.69 Å². The number of carbonyl (C=O) groups is 1. The molecule has 0 atom stereocenters. The first-order valence-electron chi connectivity index (χ1n) is 7.03. The topological polar surface area (TPSA) is 65.4 Å². The van der Waals surface area contributed by atoms with Crippen LogP contribution >= 0.6 is 0 Å². The van der Waals surface area contributed by atoms with Gasteiger partial charge in [-0.15, -0.1) is 0 Å². The zero-order valence-corrected chi connectivity index (χ0v) is 12.8. The van der Waals surface area contributed by atoms with E-state index in [0.717, 1.165) is 16.9 Å². The highest BCUT2D eigenvalue weighted by atomic mass is 19.4. The van der Waals surface area contributed by atoms with Crippen molar-refractivity contribution in [3.8, 4) is 11.5 Å². The van der Waals surface area contributed by atoms with E-state index in [1.807, 2.05) is 0 Å². The van der Waals surface area contributed by atoms with E-state index in [0.29, 0.717) is 11.5 Å². The number of benzene rings is 1. The Hall–Kier alpha value is -2.71. The number of hydrogen-bond donors (Lipinski definition) is 1. The molecule has 2 aromatic rings. The molecule has 0 saturated heterocycles. The van der Waals surface area contributed by atoms with Gasteiger partial charge in [0.15, 0.2) is 17.2 Å². The molecular formula is C15H16F3N3O3. The average Bonchev–Trinajstić information content (AvgIpc) is 3.00. The predicted octanol–water partition coefficient (Wildman–Crippen LogP) is 2.11. The van der Waals surface area contributed by atoms with Crippen LogP contribution in [0, 0.1) is 0 Å². The molecule has 6 nitrogen and oxygen atoms in total. The smallest absolute Gasteiger partial charge is 0.435 e. The number of methoxy groups -OCH3 is 1. The molecule has 0 aliphatic carbocycles. The predicted molar refractivity (Wildman–Crippen MR) is 78.7 cm³/mol. The van der Waals surface area contributed by atoms with Crippen LogP contribution in [-0.2, 0) is 17.5 Å². The third kappa shape index (κ3) is 4.90. The summed E-state index contributed by atoms with van der Waals surface area (Å²) < 4.78 is 48.7. The van der Waals surface area contributed by atoms with Gasteiger partial charge in [-0.25, -0.2) is 0 Å². The van der Waals surface area contributed by atoms with Gasteiger partial charge in [0.05, 0.1) is 13.7 Å². The first-order chi connectivity index (χ1) is 11.4. The number of alkyl halides is 3. The van der Waals surface area contributed by atoms with Crippen molar-refractivity contribution in [2.75, 3.05) is 20.3 Å². The Morgan fingerprint density at radius 1 is 1.25 bits per heavy atom. The quantitative estimate of drug-likeness (QED) is 0.782. The summed E-state index contributed by atoms with van der Waals surface area (Å²) in [5, 5.41) is 5.84. The fraction of sp³-hybridized carbons (Fsp3) is 0.333. The fourth-order valence-electron chi connectivity index (χ4n) is 1.89. The Bertz CT molecular complexity index is 686. The number of ether oxygens (including phenoxy) is 2. The van der Waals surface area contributed by atoms with Gasteiger partial charge in [-0.3, -0.25) is 9.48 Å². The number of halogens is 3. The van der Waals surface area contributed by atoms with Gasteiger partial charge in [0.2, 0.25) is 5.91 Å². The summed E-state index contributed by atoms with van der Waals surface area (Å²) in [6.07, 6.45) is -3.42. The van der Waals surface area contributed by atoms with Crippen molar-refractivity contribution >= 4 is 5.91 Å². The molecule has 0 aliphatic rings. The number of nitrogens with one attached hydrogen (secondary N) is 1. The molecule has 2 rings (SSSR count). The maximum atomic E-state index is 12.4. The largest absolute Gasteiger partial charge is 0.493 e. The van der Waals surface area contributed by atoms with Gasteiger partial charge in [0.25, 0.3) is 0 Å². The Morgan fingerprint density at radius 2 is 1.96 bits per heavy atom. The summed E-state index contributed by atoms with van der Waals surface area (Å²) in [6.45, 7) is 0.0913. The van der Waals surface area contributed by atoms with E-state index in [9.17, 15) is 18.0 Å². The number of nitrogens with zero attached hydrogens (tertiary/aromatic N) is 2. The maximum absolute atomic E-state index is 12.4. The summed E-state index contributed by atoms with van der Waals surface area (Å²) in [6, 6.07) is 7.87. The minimum atomic E-state index is -4.52. The molecule has 9 heteroatoms. The Balaban J connectivity index is 1.75.